The molecule has 4 rings (SSSR count). The molecule has 0 aliphatic carbocycles. The van der Waals surface area contributed by atoms with E-state index >= 15 is 0 Å². The summed E-state index contributed by atoms with van der Waals surface area (Å²) in [4.78, 5) is 8.42. The lowest BCUT2D eigenvalue weighted by Crippen LogP contribution is -2.37. The summed E-state index contributed by atoms with van der Waals surface area (Å²) in [6, 6.07) is 17.1. The Morgan fingerprint density at radius 2 is 1.83 bits per heavy atom. The number of aryl methyl sites for hydroxylation is 2. The van der Waals surface area contributed by atoms with Crippen LogP contribution in [0, 0.1) is 6.92 Å². The summed E-state index contributed by atoms with van der Waals surface area (Å²) in [5, 5.41) is 2.44. The Bertz CT molecular complexity index is 1130. The molecule has 1 aliphatic heterocycles. The maximum atomic E-state index is 4.73. The van der Waals surface area contributed by atoms with Crippen LogP contribution in [0.4, 0.5) is 5.69 Å². The lowest BCUT2D eigenvalue weighted by atomic mass is 10.2. The predicted molar refractivity (Wildman–Crippen MR) is 124 cm³/mol. The quantitative estimate of drug-likeness (QED) is 0.393. The first-order chi connectivity index (χ1) is 14.2. The molecule has 0 bridgehead atoms. The van der Waals surface area contributed by atoms with Crippen molar-refractivity contribution in [1.29, 1.82) is 0 Å². The molecule has 0 unspecified atom stereocenters. The number of hydrogen-bond acceptors (Lipinski definition) is 3. The normalized spacial score (nSPS) is 15.3. The second-order valence-electron chi connectivity index (χ2n) is 6.93. The van der Waals surface area contributed by atoms with Gasteiger partial charge in [0.2, 0.25) is 0 Å². The number of benzene rings is 1. The van der Waals surface area contributed by atoms with Gasteiger partial charge in [-0.25, -0.2) is 4.57 Å². The summed E-state index contributed by atoms with van der Waals surface area (Å²) in [6.45, 7) is 8.26. The Hall–Kier alpha value is -2.85. The molecule has 0 amide bonds. The molecule has 2 aromatic heterocycles. The van der Waals surface area contributed by atoms with Crippen molar-refractivity contribution in [2.24, 2.45) is 0 Å². The highest BCUT2D eigenvalue weighted by Gasteiger charge is 2.22. The monoisotopic (exact) mass is 400 g/mol. The van der Waals surface area contributed by atoms with Gasteiger partial charge in [0.15, 0.2) is 0 Å². The maximum absolute atomic E-state index is 4.73. The minimum absolute atomic E-state index is 0.890. The fourth-order valence-corrected chi connectivity index (χ4v) is 4.76. The Morgan fingerprint density at radius 3 is 2.66 bits per heavy atom. The lowest BCUT2D eigenvalue weighted by molar-refractivity contribution is -0.671. The molecule has 0 atom stereocenters. The third-order valence-corrected chi connectivity index (χ3v) is 6.17. The van der Waals surface area contributed by atoms with Crippen molar-refractivity contribution in [2.75, 3.05) is 11.4 Å². The number of para-hydroxylation sites is 1. The Morgan fingerprint density at radius 1 is 1.00 bits per heavy atom. The Balaban J connectivity index is 1.54. The van der Waals surface area contributed by atoms with Crippen LogP contribution in [0.3, 0.4) is 0 Å². The number of anilines is 1. The van der Waals surface area contributed by atoms with Crippen molar-refractivity contribution in [3.8, 4) is 0 Å². The van der Waals surface area contributed by atoms with Gasteiger partial charge < -0.3 is 4.90 Å². The molecule has 1 aromatic carbocycles. The minimum atomic E-state index is 0.890. The molecule has 29 heavy (non-hydrogen) atoms. The molecule has 1 aliphatic rings. The van der Waals surface area contributed by atoms with E-state index in [4.69, 9.17) is 4.98 Å². The van der Waals surface area contributed by atoms with E-state index in [-0.39, 0.29) is 0 Å². The molecular weight excluding hydrogens is 374 g/mol. The summed E-state index contributed by atoms with van der Waals surface area (Å²) in [6.07, 6.45) is 10.7. The summed E-state index contributed by atoms with van der Waals surface area (Å²) in [5.74, 6) is 0. The molecule has 0 saturated carbocycles. The van der Waals surface area contributed by atoms with Crippen LogP contribution in [0.5, 0.6) is 0 Å². The van der Waals surface area contributed by atoms with E-state index in [1.165, 1.54) is 21.0 Å². The summed E-state index contributed by atoms with van der Waals surface area (Å²) in [5.41, 5.74) is 4.55. The van der Waals surface area contributed by atoms with Crippen LogP contribution in [-0.4, -0.2) is 11.5 Å². The molecule has 0 N–H and O–H groups in total. The molecule has 146 valence electrons. The summed E-state index contributed by atoms with van der Waals surface area (Å²) in [7, 11) is 0. The first-order valence-corrected chi connectivity index (χ1v) is 10.9. The van der Waals surface area contributed by atoms with Gasteiger partial charge in [-0.15, -0.1) is 0 Å². The molecule has 0 fully saturated rings. The number of nitrogens with zero attached hydrogens (tertiary/aromatic N) is 3. The van der Waals surface area contributed by atoms with Gasteiger partial charge in [0.25, 0.3) is 0 Å². The Labute approximate surface area is 177 Å². The third-order valence-electron chi connectivity index (χ3n) is 5.04. The number of thioether (sulfide) groups is 1. The SMILES string of the molecule is CCN1/C(=C/C=C/C=C/c2ccc3ccc(C)nc3[n+]2CC)Sc2ccccc21. The van der Waals surface area contributed by atoms with E-state index in [1.54, 1.807) is 0 Å². The Kier molecular flexibility index (Phi) is 5.81. The fourth-order valence-electron chi connectivity index (χ4n) is 3.62. The van der Waals surface area contributed by atoms with Crippen LogP contribution in [0.2, 0.25) is 0 Å². The average Bonchev–Trinajstić information content (AvgIpc) is 3.10. The standard InChI is InChI=1S/C25H26N3S/c1-4-27-21(18-17-20-16-15-19(3)26-25(20)27)11-7-6-8-14-24-28(5-2)22-12-9-10-13-23(22)29-24/h6-18H,4-5H2,1-3H3/q+1. The average molecular weight is 401 g/mol. The predicted octanol–water partition coefficient (Wildman–Crippen LogP) is 5.89. The van der Waals surface area contributed by atoms with E-state index < -0.39 is 0 Å². The van der Waals surface area contributed by atoms with Gasteiger partial charge in [-0.1, -0.05) is 42.1 Å². The highest BCUT2D eigenvalue weighted by molar-refractivity contribution is 8.03. The molecule has 3 nitrogen and oxygen atoms in total. The molecule has 3 heterocycles. The van der Waals surface area contributed by atoms with E-state index in [9.17, 15) is 0 Å². The number of aromatic nitrogens is 2. The first kappa shape index (κ1) is 19.5. The highest BCUT2D eigenvalue weighted by atomic mass is 32.2. The minimum Gasteiger partial charge on any atom is -0.335 e. The maximum Gasteiger partial charge on any atom is 0.330 e. The fraction of sp³-hybridized carbons (Fsp3) is 0.200. The third kappa shape index (κ3) is 3.99. The van der Waals surface area contributed by atoms with Gasteiger partial charge in [0.05, 0.1) is 22.6 Å². The van der Waals surface area contributed by atoms with Gasteiger partial charge in [0, 0.05) is 18.4 Å². The van der Waals surface area contributed by atoms with Crippen LogP contribution in [0.15, 0.2) is 82.8 Å². The molecule has 4 heteroatoms. The molecule has 0 saturated heterocycles. The van der Waals surface area contributed by atoms with Crippen LogP contribution in [-0.2, 0) is 6.54 Å². The smallest absolute Gasteiger partial charge is 0.330 e. The summed E-state index contributed by atoms with van der Waals surface area (Å²) >= 11 is 1.83. The first-order valence-electron chi connectivity index (χ1n) is 10.1. The van der Waals surface area contributed by atoms with Crippen molar-refractivity contribution in [3.63, 3.8) is 0 Å². The van der Waals surface area contributed by atoms with Crippen molar-refractivity contribution in [2.45, 2.75) is 32.2 Å². The van der Waals surface area contributed by atoms with E-state index in [1.807, 2.05) is 18.7 Å². The van der Waals surface area contributed by atoms with Crippen LogP contribution in [0.25, 0.3) is 17.1 Å². The van der Waals surface area contributed by atoms with Crippen LogP contribution < -0.4 is 9.47 Å². The van der Waals surface area contributed by atoms with E-state index in [0.717, 1.165) is 30.1 Å². The lowest BCUT2D eigenvalue weighted by Gasteiger charge is -2.17. The number of pyridine rings is 2. The number of allylic oxidation sites excluding steroid dienone is 4. The van der Waals surface area contributed by atoms with E-state index in [2.05, 4.69) is 102 Å². The summed E-state index contributed by atoms with van der Waals surface area (Å²) < 4.78 is 2.26. The second kappa shape index (κ2) is 8.66. The van der Waals surface area contributed by atoms with Crippen molar-refractivity contribution in [3.05, 3.63) is 89.3 Å². The largest absolute Gasteiger partial charge is 0.335 e. The highest BCUT2D eigenvalue weighted by Crippen LogP contribution is 2.45. The van der Waals surface area contributed by atoms with Gasteiger partial charge in [-0.2, -0.15) is 0 Å². The molecular formula is C25H26N3S+. The zero-order valence-electron chi connectivity index (χ0n) is 17.2. The zero-order valence-corrected chi connectivity index (χ0v) is 18.0. The van der Waals surface area contributed by atoms with Crippen LogP contribution >= 0.6 is 11.8 Å². The van der Waals surface area contributed by atoms with Crippen molar-refractivity contribution < 1.29 is 4.57 Å². The second-order valence-corrected chi connectivity index (χ2v) is 7.99. The van der Waals surface area contributed by atoms with E-state index in [0.29, 0.717) is 0 Å². The molecule has 3 aromatic rings. The van der Waals surface area contributed by atoms with Gasteiger partial charge in [-0.3, -0.25) is 0 Å². The van der Waals surface area contributed by atoms with Gasteiger partial charge >= 0.3 is 5.65 Å². The van der Waals surface area contributed by atoms with Crippen molar-refractivity contribution in [1.82, 2.24) is 4.98 Å². The van der Waals surface area contributed by atoms with Crippen LogP contribution in [0.1, 0.15) is 25.2 Å². The number of hydrogen-bond donors (Lipinski definition) is 0. The number of rotatable bonds is 5. The topological polar surface area (TPSA) is 20.0 Å². The van der Waals surface area contributed by atoms with Gasteiger partial charge in [-0.05, 0) is 67.4 Å². The van der Waals surface area contributed by atoms with Gasteiger partial charge in [0.1, 0.15) is 11.4 Å². The molecule has 0 radical (unpaired) electrons. The van der Waals surface area contributed by atoms with Crippen molar-refractivity contribution >= 4 is 34.6 Å². The molecule has 0 spiro atoms. The number of fused-ring (bicyclic) bond motifs is 2. The zero-order chi connectivity index (χ0) is 20.2.